The third kappa shape index (κ3) is 4.10. The van der Waals surface area contributed by atoms with Crippen molar-refractivity contribution in [2.75, 3.05) is 0 Å². The quantitative estimate of drug-likeness (QED) is 0.233. The molecule has 0 radical (unpaired) electrons. The number of para-hydroxylation sites is 3. The monoisotopic (exact) mass is 449 g/mol. The number of ether oxygens (including phenoxy) is 1. The normalized spacial score (nSPS) is 10.7. The molecule has 5 aromatic rings. The predicted molar refractivity (Wildman–Crippen MR) is 129 cm³/mol. The van der Waals surface area contributed by atoms with E-state index in [1.165, 1.54) is 12.1 Å². The third-order valence-electron chi connectivity index (χ3n) is 5.33. The molecule has 0 aliphatic heterocycles. The van der Waals surface area contributed by atoms with Gasteiger partial charge in [0.2, 0.25) is 0 Å². The standard InChI is InChI=1S/C27H19N3O4/c31-26-12-6-4-10-22(26)24-18-25(29(28-24)19-8-2-1-3-9-19)23-11-5-7-13-27(23)34-21-16-14-20(15-17-21)30(32)33/h1-18,31H. The van der Waals surface area contributed by atoms with Crippen molar-refractivity contribution in [1.29, 1.82) is 0 Å². The molecule has 0 spiro atoms. The predicted octanol–water partition coefficient (Wildman–Crippen LogP) is 6.61. The minimum atomic E-state index is -0.448. The molecule has 166 valence electrons. The molecule has 0 bridgehead atoms. The van der Waals surface area contributed by atoms with Crippen LogP contribution < -0.4 is 4.74 Å². The van der Waals surface area contributed by atoms with Crippen LogP contribution in [-0.4, -0.2) is 19.8 Å². The molecule has 0 saturated heterocycles. The number of nitro benzene ring substituents is 1. The van der Waals surface area contributed by atoms with Crippen LogP contribution in [0.3, 0.4) is 0 Å². The van der Waals surface area contributed by atoms with Crippen molar-refractivity contribution >= 4 is 5.69 Å². The average Bonchev–Trinajstić information content (AvgIpc) is 3.30. The summed E-state index contributed by atoms with van der Waals surface area (Å²) in [6.07, 6.45) is 0. The van der Waals surface area contributed by atoms with Gasteiger partial charge in [0.05, 0.1) is 22.0 Å². The Kier molecular flexibility index (Phi) is 5.50. The molecule has 0 atom stereocenters. The van der Waals surface area contributed by atoms with Gasteiger partial charge in [0, 0.05) is 23.3 Å². The summed E-state index contributed by atoms with van der Waals surface area (Å²) >= 11 is 0. The molecule has 1 aromatic heterocycles. The molecule has 4 aromatic carbocycles. The summed E-state index contributed by atoms with van der Waals surface area (Å²) in [5.41, 5.74) is 3.62. The van der Waals surface area contributed by atoms with Gasteiger partial charge in [-0.3, -0.25) is 10.1 Å². The van der Waals surface area contributed by atoms with Crippen molar-refractivity contribution in [3.8, 4) is 45.5 Å². The summed E-state index contributed by atoms with van der Waals surface area (Å²) in [5.74, 6) is 1.18. The first-order valence-corrected chi connectivity index (χ1v) is 10.6. The Hall–Kier alpha value is -4.91. The van der Waals surface area contributed by atoms with E-state index in [4.69, 9.17) is 9.84 Å². The van der Waals surface area contributed by atoms with E-state index in [9.17, 15) is 15.2 Å². The van der Waals surface area contributed by atoms with Crippen LogP contribution in [0.4, 0.5) is 5.69 Å². The van der Waals surface area contributed by atoms with Gasteiger partial charge in [0.1, 0.15) is 17.2 Å². The zero-order valence-corrected chi connectivity index (χ0v) is 17.9. The van der Waals surface area contributed by atoms with Crippen molar-refractivity contribution in [1.82, 2.24) is 9.78 Å². The highest BCUT2D eigenvalue weighted by Gasteiger charge is 2.18. The summed E-state index contributed by atoms with van der Waals surface area (Å²) in [7, 11) is 0. The van der Waals surface area contributed by atoms with Gasteiger partial charge in [-0.05, 0) is 54.6 Å². The molecule has 7 heteroatoms. The average molecular weight is 449 g/mol. The number of aromatic nitrogens is 2. The molecular formula is C27H19N3O4. The van der Waals surface area contributed by atoms with Gasteiger partial charge in [-0.2, -0.15) is 5.10 Å². The van der Waals surface area contributed by atoms with E-state index in [1.807, 2.05) is 72.8 Å². The highest BCUT2D eigenvalue weighted by Crippen LogP contribution is 2.38. The lowest BCUT2D eigenvalue weighted by atomic mass is 10.1. The number of hydrogen-bond donors (Lipinski definition) is 1. The summed E-state index contributed by atoms with van der Waals surface area (Å²) in [6.45, 7) is 0. The van der Waals surface area contributed by atoms with Crippen LogP contribution in [-0.2, 0) is 0 Å². The van der Waals surface area contributed by atoms with E-state index in [2.05, 4.69) is 0 Å². The Morgan fingerprint density at radius 2 is 1.44 bits per heavy atom. The molecule has 7 nitrogen and oxygen atoms in total. The second-order valence-electron chi connectivity index (χ2n) is 7.53. The van der Waals surface area contributed by atoms with Gasteiger partial charge in [-0.15, -0.1) is 0 Å². The van der Waals surface area contributed by atoms with E-state index in [0.29, 0.717) is 22.8 Å². The lowest BCUT2D eigenvalue weighted by Gasteiger charge is -2.13. The molecule has 0 aliphatic carbocycles. The van der Waals surface area contributed by atoms with Gasteiger partial charge in [-0.1, -0.05) is 42.5 Å². The van der Waals surface area contributed by atoms with E-state index < -0.39 is 4.92 Å². The zero-order chi connectivity index (χ0) is 23.5. The van der Waals surface area contributed by atoms with E-state index in [1.54, 1.807) is 28.9 Å². The Labute approximate surface area is 195 Å². The Morgan fingerprint density at radius 3 is 2.15 bits per heavy atom. The number of benzene rings is 4. The maximum atomic E-state index is 11.0. The number of aromatic hydroxyl groups is 1. The SMILES string of the molecule is O=[N+]([O-])c1ccc(Oc2ccccc2-c2cc(-c3ccccc3O)nn2-c2ccccc2)cc1. The van der Waals surface area contributed by atoms with E-state index >= 15 is 0 Å². The van der Waals surface area contributed by atoms with Crippen LogP contribution in [0.2, 0.25) is 0 Å². The fourth-order valence-electron chi connectivity index (χ4n) is 3.69. The molecule has 0 fully saturated rings. The Bertz CT molecular complexity index is 1460. The van der Waals surface area contributed by atoms with Gasteiger partial charge < -0.3 is 9.84 Å². The van der Waals surface area contributed by atoms with Gasteiger partial charge in [0.25, 0.3) is 5.69 Å². The summed E-state index contributed by atoms with van der Waals surface area (Å²) < 4.78 is 7.92. The number of phenolic OH excluding ortho intramolecular Hbond substituents is 1. The number of rotatable bonds is 6. The van der Waals surface area contributed by atoms with Crippen LogP contribution in [0.5, 0.6) is 17.2 Å². The van der Waals surface area contributed by atoms with Crippen LogP contribution >= 0.6 is 0 Å². The molecule has 0 unspecified atom stereocenters. The first kappa shape index (κ1) is 21.0. The van der Waals surface area contributed by atoms with Gasteiger partial charge >= 0.3 is 0 Å². The summed E-state index contributed by atoms with van der Waals surface area (Å²) in [6, 6.07) is 32.1. The van der Waals surface area contributed by atoms with Crippen LogP contribution in [0, 0.1) is 10.1 Å². The van der Waals surface area contributed by atoms with Crippen molar-refractivity contribution in [3.05, 3.63) is 119 Å². The van der Waals surface area contributed by atoms with Crippen molar-refractivity contribution < 1.29 is 14.8 Å². The second-order valence-corrected chi connectivity index (χ2v) is 7.53. The van der Waals surface area contributed by atoms with Crippen LogP contribution in [0.1, 0.15) is 0 Å². The number of non-ortho nitro benzene ring substituents is 1. The minimum absolute atomic E-state index is 0.00454. The fraction of sp³-hybridized carbons (Fsp3) is 0. The van der Waals surface area contributed by atoms with Crippen LogP contribution in [0.15, 0.2) is 109 Å². The molecule has 0 amide bonds. The molecule has 1 heterocycles. The maximum absolute atomic E-state index is 11.0. The minimum Gasteiger partial charge on any atom is -0.507 e. The first-order chi connectivity index (χ1) is 16.6. The molecular weight excluding hydrogens is 430 g/mol. The number of nitrogens with zero attached hydrogens (tertiary/aromatic N) is 3. The Balaban J connectivity index is 1.62. The summed E-state index contributed by atoms with van der Waals surface area (Å²) in [4.78, 5) is 10.5. The van der Waals surface area contributed by atoms with Crippen molar-refractivity contribution in [2.24, 2.45) is 0 Å². The number of phenols is 1. The highest BCUT2D eigenvalue weighted by atomic mass is 16.6. The lowest BCUT2D eigenvalue weighted by molar-refractivity contribution is -0.384. The van der Waals surface area contributed by atoms with Gasteiger partial charge in [0.15, 0.2) is 0 Å². The highest BCUT2D eigenvalue weighted by molar-refractivity contribution is 5.76. The maximum Gasteiger partial charge on any atom is 0.269 e. The molecule has 0 aliphatic rings. The van der Waals surface area contributed by atoms with E-state index in [0.717, 1.165) is 16.9 Å². The van der Waals surface area contributed by atoms with E-state index in [-0.39, 0.29) is 11.4 Å². The van der Waals surface area contributed by atoms with Gasteiger partial charge in [-0.25, -0.2) is 4.68 Å². The molecule has 1 N–H and O–H groups in total. The van der Waals surface area contributed by atoms with Crippen molar-refractivity contribution in [2.45, 2.75) is 0 Å². The number of hydrogen-bond acceptors (Lipinski definition) is 5. The van der Waals surface area contributed by atoms with Crippen molar-refractivity contribution in [3.63, 3.8) is 0 Å². The zero-order valence-electron chi connectivity index (χ0n) is 17.9. The summed E-state index contributed by atoms with van der Waals surface area (Å²) in [5, 5.41) is 26.1. The second kappa shape index (κ2) is 8.91. The fourth-order valence-corrected chi connectivity index (χ4v) is 3.69. The largest absolute Gasteiger partial charge is 0.507 e. The first-order valence-electron chi connectivity index (χ1n) is 10.6. The third-order valence-corrected chi connectivity index (χ3v) is 5.33. The molecule has 5 rings (SSSR count). The number of nitro groups is 1. The smallest absolute Gasteiger partial charge is 0.269 e. The lowest BCUT2D eigenvalue weighted by Crippen LogP contribution is -2.00. The molecule has 34 heavy (non-hydrogen) atoms. The van der Waals surface area contributed by atoms with Crippen LogP contribution in [0.25, 0.3) is 28.2 Å². The molecule has 0 saturated carbocycles. The Morgan fingerprint density at radius 1 is 0.794 bits per heavy atom. The topological polar surface area (TPSA) is 90.4 Å².